The molecule has 4 N–H and O–H groups in total. The van der Waals surface area contributed by atoms with Gasteiger partial charge >= 0.3 is 5.69 Å². The van der Waals surface area contributed by atoms with Gasteiger partial charge in [-0.05, 0) is 6.26 Å². The van der Waals surface area contributed by atoms with Crippen molar-refractivity contribution < 1.29 is 0 Å². The van der Waals surface area contributed by atoms with Crippen molar-refractivity contribution in [2.75, 3.05) is 6.26 Å². The molecule has 0 saturated heterocycles. The maximum Gasteiger partial charge on any atom is 0.325 e. The van der Waals surface area contributed by atoms with E-state index in [-0.39, 0.29) is 10.9 Å². The zero-order valence-corrected chi connectivity index (χ0v) is 7.64. The molecule has 0 radical (unpaired) electrons. The van der Waals surface area contributed by atoms with Gasteiger partial charge in [-0.15, -0.1) is 0 Å². The molecule has 0 unspecified atom stereocenters. The second-order valence-electron chi connectivity index (χ2n) is 2.11. The highest BCUT2D eigenvalue weighted by Crippen LogP contribution is 2.02. The van der Waals surface area contributed by atoms with Gasteiger partial charge in [0.15, 0.2) is 5.17 Å². The Kier molecular flexibility index (Phi) is 2.91. The molecule has 0 amide bonds. The first kappa shape index (κ1) is 9.59. The van der Waals surface area contributed by atoms with Crippen molar-refractivity contribution in [2.45, 2.75) is 0 Å². The Hall–Kier alpha value is -1.50. The van der Waals surface area contributed by atoms with Crippen LogP contribution in [0.5, 0.6) is 0 Å². The number of nitrogens with two attached hydrogens (primary N) is 1. The Labute approximate surface area is 77.3 Å². The van der Waals surface area contributed by atoms with Crippen LogP contribution in [0.3, 0.4) is 0 Å². The van der Waals surface area contributed by atoms with Gasteiger partial charge in [0, 0.05) is 6.20 Å². The molecule has 0 aromatic carbocycles. The van der Waals surface area contributed by atoms with Crippen molar-refractivity contribution in [1.82, 2.24) is 9.97 Å². The number of rotatable bonds is 1. The van der Waals surface area contributed by atoms with Gasteiger partial charge in [-0.25, -0.2) is 9.79 Å². The van der Waals surface area contributed by atoms with Crippen molar-refractivity contribution in [3.8, 4) is 0 Å². The number of nitrogens with zero attached hydrogens (tertiary/aromatic N) is 1. The fourth-order valence-corrected chi connectivity index (χ4v) is 0.840. The van der Waals surface area contributed by atoms with Gasteiger partial charge in [0.1, 0.15) is 5.69 Å². The maximum absolute atomic E-state index is 11.0. The Balaban J connectivity index is 3.18. The van der Waals surface area contributed by atoms with E-state index < -0.39 is 11.2 Å². The van der Waals surface area contributed by atoms with Crippen LogP contribution in [0.15, 0.2) is 20.8 Å². The fraction of sp³-hybridized carbons (Fsp3) is 0.167. The molecule has 6 nitrogen and oxygen atoms in total. The molecule has 0 fully saturated rings. The highest BCUT2D eigenvalue weighted by Gasteiger charge is 1.97. The van der Waals surface area contributed by atoms with Crippen LogP contribution in [0.4, 0.5) is 5.69 Å². The summed E-state index contributed by atoms with van der Waals surface area (Å²) in [6.07, 6.45) is 2.95. The third-order valence-electron chi connectivity index (χ3n) is 1.24. The summed E-state index contributed by atoms with van der Waals surface area (Å²) in [5, 5.41) is 0.262. The lowest BCUT2D eigenvalue weighted by molar-refractivity contribution is 1.03. The Morgan fingerprint density at radius 3 is 2.85 bits per heavy atom. The SMILES string of the molecule is CSC(N)=Nc1c[nH]c(=O)[nH]c1=O. The first-order chi connectivity index (χ1) is 6.13. The number of aliphatic imine (C=N–C) groups is 1. The van der Waals surface area contributed by atoms with Crippen LogP contribution in [0, 0.1) is 0 Å². The minimum Gasteiger partial charge on any atom is -0.378 e. The van der Waals surface area contributed by atoms with Crippen molar-refractivity contribution in [2.24, 2.45) is 10.7 Å². The van der Waals surface area contributed by atoms with Gasteiger partial charge in [0.2, 0.25) is 0 Å². The van der Waals surface area contributed by atoms with Gasteiger partial charge in [-0.2, -0.15) is 0 Å². The second-order valence-corrected chi connectivity index (χ2v) is 2.94. The molecule has 13 heavy (non-hydrogen) atoms. The zero-order chi connectivity index (χ0) is 9.84. The third-order valence-corrected chi connectivity index (χ3v) is 1.75. The summed E-state index contributed by atoms with van der Waals surface area (Å²) in [4.78, 5) is 29.7. The molecule has 0 aliphatic rings. The normalized spacial score (nSPS) is 11.6. The summed E-state index contributed by atoms with van der Waals surface area (Å²) in [7, 11) is 0. The van der Waals surface area contributed by atoms with E-state index in [1.165, 1.54) is 18.0 Å². The monoisotopic (exact) mass is 200 g/mol. The molecule has 1 aromatic rings. The highest BCUT2D eigenvalue weighted by atomic mass is 32.2. The Morgan fingerprint density at radius 2 is 2.31 bits per heavy atom. The third kappa shape index (κ3) is 2.48. The van der Waals surface area contributed by atoms with Crippen LogP contribution in [0.1, 0.15) is 0 Å². The first-order valence-electron chi connectivity index (χ1n) is 3.33. The van der Waals surface area contributed by atoms with Gasteiger partial charge in [0.05, 0.1) is 0 Å². The van der Waals surface area contributed by atoms with Crippen LogP contribution in [0.25, 0.3) is 0 Å². The van der Waals surface area contributed by atoms with E-state index in [1.807, 2.05) is 4.98 Å². The summed E-state index contributed by atoms with van der Waals surface area (Å²) in [5.74, 6) is 0. The molecule has 1 aromatic heterocycles. The zero-order valence-electron chi connectivity index (χ0n) is 6.83. The van der Waals surface area contributed by atoms with Crippen LogP contribution >= 0.6 is 11.8 Å². The van der Waals surface area contributed by atoms with Crippen molar-refractivity contribution in [3.05, 3.63) is 27.0 Å². The van der Waals surface area contributed by atoms with Gasteiger partial charge in [-0.3, -0.25) is 9.78 Å². The Morgan fingerprint density at radius 1 is 1.62 bits per heavy atom. The summed E-state index contributed by atoms with van der Waals surface area (Å²) in [6.45, 7) is 0. The second kappa shape index (κ2) is 3.94. The lowest BCUT2D eigenvalue weighted by Gasteiger charge is -1.93. The lowest BCUT2D eigenvalue weighted by Crippen LogP contribution is -2.21. The van der Waals surface area contributed by atoms with E-state index in [0.717, 1.165) is 0 Å². The molecule has 0 aliphatic carbocycles. The number of amidine groups is 1. The van der Waals surface area contributed by atoms with E-state index in [4.69, 9.17) is 5.73 Å². The first-order valence-corrected chi connectivity index (χ1v) is 4.56. The standard InChI is InChI=1S/C6H8N4O2S/c1-13-5(7)9-3-2-8-6(12)10-4(3)11/h2H,1H3,(H2,7,9)(H2,8,10,11,12). The topological polar surface area (TPSA) is 104 Å². The van der Waals surface area contributed by atoms with Crippen molar-refractivity contribution in [3.63, 3.8) is 0 Å². The predicted octanol–water partition coefficient (Wildman–Crippen LogP) is -0.628. The summed E-state index contributed by atoms with van der Waals surface area (Å²) in [6, 6.07) is 0. The average Bonchev–Trinajstić information content (AvgIpc) is 2.09. The fourth-order valence-electron chi connectivity index (χ4n) is 0.650. The summed E-state index contributed by atoms with van der Waals surface area (Å²) in [5.41, 5.74) is 4.35. The smallest absolute Gasteiger partial charge is 0.325 e. The summed E-state index contributed by atoms with van der Waals surface area (Å²) >= 11 is 1.22. The molecule has 0 bridgehead atoms. The lowest BCUT2D eigenvalue weighted by atomic mass is 10.5. The largest absolute Gasteiger partial charge is 0.378 e. The van der Waals surface area contributed by atoms with Gasteiger partial charge in [0.25, 0.3) is 5.56 Å². The summed E-state index contributed by atoms with van der Waals surface area (Å²) < 4.78 is 0. The number of hydrogen-bond acceptors (Lipinski definition) is 4. The van der Waals surface area contributed by atoms with Crippen LogP contribution in [0.2, 0.25) is 0 Å². The van der Waals surface area contributed by atoms with E-state index in [9.17, 15) is 9.59 Å². The number of aromatic nitrogens is 2. The number of H-pyrrole nitrogens is 2. The molecule has 0 aliphatic heterocycles. The molecule has 0 atom stereocenters. The minimum absolute atomic E-state index is 0.0893. The van der Waals surface area contributed by atoms with Crippen molar-refractivity contribution in [1.29, 1.82) is 0 Å². The van der Waals surface area contributed by atoms with Gasteiger partial charge < -0.3 is 10.7 Å². The van der Waals surface area contributed by atoms with Crippen LogP contribution < -0.4 is 17.0 Å². The Bertz CT molecular complexity index is 433. The number of hydrogen-bond donors (Lipinski definition) is 3. The molecule has 1 heterocycles. The van der Waals surface area contributed by atoms with Crippen LogP contribution in [-0.4, -0.2) is 21.4 Å². The number of aromatic amines is 2. The van der Waals surface area contributed by atoms with Crippen molar-refractivity contribution >= 4 is 22.6 Å². The quantitative estimate of drug-likeness (QED) is 0.414. The maximum atomic E-state index is 11.0. The number of nitrogens with one attached hydrogen (secondary N) is 2. The molecule has 0 saturated carbocycles. The van der Waals surface area contributed by atoms with E-state index in [0.29, 0.717) is 0 Å². The predicted molar refractivity (Wildman–Crippen MR) is 52.5 cm³/mol. The van der Waals surface area contributed by atoms with E-state index in [2.05, 4.69) is 9.98 Å². The molecule has 70 valence electrons. The molecule has 0 spiro atoms. The van der Waals surface area contributed by atoms with E-state index >= 15 is 0 Å². The molecule has 7 heteroatoms. The van der Waals surface area contributed by atoms with Gasteiger partial charge in [-0.1, -0.05) is 11.8 Å². The van der Waals surface area contributed by atoms with Crippen LogP contribution in [-0.2, 0) is 0 Å². The molecule has 1 rings (SSSR count). The average molecular weight is 200 g/mol. The molecular weight excluding hydrogens is 192 g/mol. The van der Waals surface area contributed by atoms with E-state index in [1.54, 1.807) is 6.26 Å². The minimum atomic E-state index is -0.563. The highest BCUT2D eigenvalue weighted by molar-refractivity contribution is 8.13. The number of thioether (sulfide) groups is 1. The molecular formula is C6H8N4O2S.